The van der Waals surface area contributed by atoms with Gasteiger partial charge in [0.1, 0.15) is 10.5 Å². The van der Waals surface area contributed by atoms with Gasteiger partial charge in [0.05, 0.1) is 21.6 Å². The molecule has 0 radical (unpaired) electrons. The van der Waals surface area contributed by atoms with Crippen molar-refractivity contribution in [1.82, 2.24) is 9.97 Å². The Kier molecular flexibility index (Phi) is 2.66. The zero-order valence-corrected chi connectivity index (χ0v) is 11.4. The molecule has 19 heavy (non-hydrogen) atoms. The number of nitrogens with two attached hydrogens (primary N) is 1. The first kappa shape index (κ1) is 12.3. The van der Waals surface area contributed by atoms with Crippen LogP contribution in [0.1, 0.15) is 5.56 Å². The summed E-state index contributed by atoms with van der Waals surface area (Å²) in [5.74, 6) is -0.190. The van der Waals surface area contributed by atoms with Gasteiger partial charge < -0.3 is 10.8 Å². The Labute approximate surface area is 118 Å². The molecule has 0 aliphatic heterocycles. The Hall–Kier alpha value is -1.78. The van der Waals surface area contributed by atoms with Crippen LogP contribution in [0.15, 0.2) is 18.2 Å². The molecule has 3 aromatic rings. The number of nitrogen functional groups attached to an aromatic ring is 1. The zero-order chi connectivity index (χ0) is 13.7. The summed E-state index contributed by atoms with van der Waals surface area (Å²) in [6.07, 6.45) is 0. The maximum Gasteiger partial charge on any atom is 0.155 e. The number of rotatable bonds is 0. The molecule has 3 N–H and O–H groups in total. The first-order valence-corrected chi connectivity index (χ1v) is 6.27. The van der Waals surface area contributed by atoms with Crippen LogP contribution < -0.4 is 5.73 Å². The molecule has 3 rings (SSSR count). The van der Waals surface area contributed by atoms with Gasteiger partial charge in [0.2, 0.25) is 0 Å². The summed E-state index contributed by atoms with van der Waals surface area (Å²) in [6.45, 7) is 1.90. The maximum atomic E-state index is 9.72. The van der Waals surface area contributed by atoms with E-state index in [0.717, 1.165) is 5.56 Å². The summed E-state index contributed by atoms with van der Waals surface area (Å²) in [5, 5.41) is 9.96. The molecule has 0 aliphatic rings. The smallest absolute Gasteiger partial charge is 0.155 e. The highest BCUT2D eigenvalue weighted by Gasteiger charge is 2.13. The van der Waals surface area contributed by atoms with Crippen LogP contribution in [-0.4, -0.2) is 15.1 Å². The van der Waals surface area contributed by atoms with Crippen molar-refractivity contribution >= 4 is 51.0 Å². The van der Waals surface area contributed by atoms with Crippen molar-refractivity contribution in [2.75, 3.05) is 5.73 Å². The van der Waals surface area contributed by atoms with Crippen molar-refractivity contribution in [2.45, 2.75) is 6.92 Å². The van der Waals surface area contributed by atoms with Crippen LogP contribution in [-0.2, 0) is 0 Å². The van der Waals surface area contributed by atoms with E-state index in [2.05, 4.69) is 9.97 Å². The number of fused-ring (bicyclic) bond motifs is 2. The number of halogens is 2. The molecule has 0 atom stereocenters. The van der Waals surface area contributed by atoms with E-state index in [1.165, 1.54) is 6.07 Å². The van der Waals surface area contributed by atoms with Crippen LogP contribution >= 0.6 is 23.2 Å². The Bertz CT molecular complexity index is 833. The van der Waals surface area contributed by atoms with Crippen molar-refractivity contribution in [2.24, 2.45) is 0 Å². The lowest BCUT2D eigenvalue weighted by Gasteiger charge is -2.07. The zero-order valence-electron chi connectivity index (χ0n) is 9.91. The van der Waals surface area contributed by atoms with E-state index < -0.39 is 0 Å². The predicted molar refractivity (Wildman–Crippen MR) is 77.9 cm³/mol. The first-order valence-electron chi connectivity index (χ1n) is 5.52. The minimum absolute atomic E-state index is 0.0936. The molecule has 0 bridgehead atoms. The molecule has 0 unspecified atom stereocenters. The van der Waals surface area contributed by atoms with Crippen molar-refractivity contribution in [3.63, 3.8) is 0 Å². The van der Waals surface area contributed by atoms with Gasteiger partial charge >= 0.3 is 0 Å². The Morgan fingerprint density at radius 3 is 2.47 bits per heavy atom. The minimum atomic E-state index is -0.190. The molecule has 2 aromatic carbocycles. The van der Waals surface area contributed by atoms with Crippen molar-refractivity contribution in [3.05, 3.63) is 33.8 Å². The predicted octanol–water partition coefficient (Wildman–Crippen LogP) is 3.69. The highest BCUT2D eigenvalue weighted by Crippen LogP contribution is 2.37. The Morgan fingerprint density at radius 1 is 1.05 bits per heavy atom. The third kappa shape index (κ3) is 1.84. The molecule has 0 amide bonds. The van der Waals surface area contributed by atoms with Gasteiger partial charge in [-0.05, 0) is 30.7 Å². The van der Waals surface area contributed by atoms with Crippen LogP contribution in [0.4, 0.5) is 5.69 Å². The normalized spacial score (nSPS) is 11.3. The quantitative estimate of drug-likeness (QED) is 0.490. The SMILES string of the molecule is Cc1cc2nc3cc(Cl)c(O)c(Cl)c3nc2cc1N. The van der Waals surface area contributed by atoms with Crippen LogP contribution in [0.25, 0.3) is 22.1 Å². The molecular weight excluding hydrogens is 285 g/mol. The molecular formula is C13H9Cl2N3O. The fourth-order valence-electron chi connectivity index (χ4n) is 1.90. The number of aryl methyl sites for hydroxylation is 1. The summed E-state index contributed by atoms with van der Waals surface area (Å²) in [5.41, 5.74) is 9.68. The third-order valence-corrected chi connectivity index (χ3v) is 3.63. The molecule has 0 aliphatic carbocycles. The third-order valence-electron chi connectivity index (χ3n) is 2.98. The fourth-order valence-corrected chi connectivity index (χ4v) is 2.39. The first-order chi connectivity index (χ1) is 8.97. The number of aromatic nitrogens is 2. The molecule has 96 valence electrons. The van der Waals surface area contributed by atoms with Crippen molar-refractivity contribution in [3.8, 4) is 5.75 Å². The summed E-state index contributed by atoms with van der Waals surface area (Å²) < 4.78 is 0. The Morgan fingerprint density at radius 2 is 1.74 bits per heavy atom. The van der Waals surface area contributed by atoms with Gasteiger partial charge in [-0.3, -0.25) is 0 Å². The van der Waals surface area contributed by atoms with Gasteiger partial charge in [-0.25, -0.2) is 9.97 Å². The molecule has 4 nitrogen and oxygen atoms in total. The monoisotopic (exact) mass is 293 g/mol. The number of aromatic hydroxyl groups is 1. The second-order valence-corrected chi connectivity index (χ2v) is 5.09. The highest BCUT2D eigenvalue weighted by molar-refractivity contribution is 6.40. The molecule has 0 fully saturated rings. The maximum absolute atomic E-state index is 9.72. The topological polar surface area (TPSA) is 72.0 Å². The van der Waals surface area contributed by atoms with Gasteiger partial charge in [-0.1, -0.05) is 23.2 Å². The van der Waals surface area contributed by atoms with Crippen molar-refractivity contribution < 1.29 is 5.11 Å². The number of phenolic OH excluding ortho intramolecular Hbond substituents is 1. The van der Waals surface area contributed by atoms with E-state index >= 15 is 0 Å². The van der Waals surface area contributed by atoms with Gasteiger partial charge in [-0.2, -0.15) is 0 Å². The fraction of sp³-hybridized carbons (Fsp3) is 0.0769. The Balaban J connectivity index is 2.48. The number of phenols is 1. The molecule has 1 heterocycles. The standard InChI is InChI=1S/C13H9Cl2N3O/c1-5-2-8-9(4-7(5)16)18-12-10(17-8)3-6(14)13(19)11(12)15/h2-4,19H,16H2,1H3. The molecule has 0 saturated carbocycles. The van der Waals surface area contributed by atoms with Gasteiger partial charge in [-0.15, -0.1) is 0 Å². The van der Waals surface area contributed by atoms with Crippen LogP contribution in [0.3, 0.4) is 0 Å². The lowest BCUT2D eigenvalue weighted by atomic mass is 10.1. The molecule has 0 saturated heterocycles. The second kappa shape index (κ2) is 4.11. The van der Waals surface area contributed by atoms with E-state index in [9.17, 15) is 5.11 Å². The van der Waals surface area contributed by atoms with Crippen LogP contribution in [0.5, 0.6) is 5.75 Å². The lowest BCUT2D eigenvalue weighted by molar-refractivity contribution is 0.476. The largest absolute Gasteiger partial charge is 0.505 e. The van der Waals surface area contributed by atoms with Crippen LogP contribution in [0.2, 0.25) is 10.0 Å². The average Bonchev–Trinajstić information content (AvgIpc) is 2.37. The summed E-state index contributed by atoms with van der Waals surface area (Å²) >= 11 is 11.9. The number of benzene rings is 2. The molecule has 0 spiro atoms. The van der Waals surface area contributed by atoms with Crippen LogP contribution in [0, 0.1) is 6.92 Å². The molecule has 6 heteroatoms. The summed E-state index contributed by atoms with van der Waals surface area (Å²) in [7, 11) is 0. The minimum Gasteiger partial charge on any atom is -0.505 e. The number of hydrogen-bond acceptors (Lipinski definition) is 4. The number of anilines is 1. The van der Waals surface area contributed by atoms with Crippen molar-refractivity contribution in [1.29, 1.82) is 0 Å². The second-order valence-electron chi connectivity index (χ2n) is 4.31. The van der Waals surface area contributed by atoms with Gasteiger partial charge in [0.15, 0.2) is 5.75 Å². The summed E-state index contributed by atoms with van der Waals surface area (Å²) in [6, 6.07) is 5.13. The lowest BCUT2D eigenvalue weighted by Crippen LogP contribution is -1.94. The van der Waals surface area contributed by atoms with E-state index in [0.29, 0.717) is 27.8 Å². The molecule has 1 aromatic heterocycles. The van der Waals surface area contributed by atoms with E-state index in [1.807, 2.05) is 13.0 Å². The van der Waals surface area contributed by atoms with E-state index in [1.54, 1.807) is 6.07 Å². The van der Waals surface area contributed by atoms with Gasteiger partial charge in [0.25, 0.3) is 0 Å². The average molecular weight is 294 g/mol. The van der Waals surface area contributed by atoms with E-state index in [4.69, 9.17) is 28.9 Å². The number of hydrogen-bond donors (Lipinski definition) is 2. The number of nitrogens with zero attached hydrogens (tertiary/aromatic N) is 2. The highest BCUT2D eigenvalue weighted by atomic mass is 35.5. The summed E-state index contributed by atoms with van der Waals surface area (Å²) in [4.78, 5) is 8.83. The van der Waals surface area contributed by atoms with E-state index in [-0.39, 0.29) is 15.8 Å². The van der Waals surface area contributed by atoms with Gasteiger partial charge in [0, 0.05) is 5.69 Å².